The lowest BCUT2D eigenvalue weighted by Crippen LogP contribution is -2.41. The Hall–Kier alpha value is -4.13. The van der Waals surface area contributed by atoms with Gasteiger partial charge in [-0.2, -0.15) is 19.0 Å². The Balaban J connectivity index is 1.37. The number of aromatic nitrogens is 8. The van der Waals surface area contributed by atoms with Crippen molar-refractivity contribution in [1.82, 2.24) is 44.5 Å². The molecule has 1 unspecified atom stereocenters. The van der Waals surface area contributed by atoms with E-state index in [1.807, 2.05) is 18.2 Å². The first-order valence-electron chi connectivity index (χ1n) is 10.1. The maximum atomic E-state index is 13.4. The summed E-state index contributed by atoms with van der Waals surface area (Å²) in [5, 5.41) is 16.3. The van der Waals surface area contributed by atoms with Crippen LogP contribution in [-0.4, -0.2) is 56.9 Å². The van der Waals surface area contributed by atoms with Crippen molar-refractivity contribution in [3.63, 3.8) is 0 Å². The highest BCUT2D eigenvalue weighted by Crippen LogP contribution is 2.34. The summed E-state index contributed by atoms with van der Waals surface area (Å²) in [6.07, 6.45) is 3.18. The molecular weight excluding hydrogens is 472 g/mol. The number of halogens is 3. The molecule has 0 bridgehead atoms. The number of amides is 1. The second-order valence-corrected chi connectivity index (χ2v) is 7.93. The van der Waals surface area contributed by atoms with Gasteiger partial charge in [-0.1, -0.05) is 17.7 Å². The maximum Gasteiger partial charge on any atom is 0.333 e. The monoisotopic (exact) mass is 485 g/mol. The van der Waals surface area contributed by atoms with Crippen LogP contribution < -0.4 is 0 Å². The van der Waals surface area contributed by atoms with Crippen LogP contribution in [0.5, 0.6) is 0 Å². The number of nitrogens with zero attached hydrogens (tertiary/aromatic N) is 8. The average molecular weight is 486 g/mol. The quantitative estimate of drug-likeness (QED) is 0.388. The van der Waals surface area contributed by atoms with Gasteiger partial charge in [0.1, 0.15) is 16.9 Å². The van der Waals surface area contributed by atoms with Crippen molar-refractivity contribution in [2.75, 3.05) is 6.54 Å². The molecule has 1 aliphatic heterocycles. The fourth-order valence-corrected chi connectivity index (χ4v) is 4.23. The molecule has 5 aromatic rings. The molecule has 5 aromatic heterocycles. The smallest absolute Gasteiger partial charge is 0.333 e. The molecule has 0 fully saturated rings. The molecule has 0 saturated carbocycles. The van der Waals surface area contributed by atoms with E-state index in [2.05, 4.69) is 30.4 Å². The van der Waals surface area contributed by atoms with E-state index in [-0.39, 0.29) is 17.5 Å². The lowest BCUT2D eigenvalue weighted by Gasteiger charge is -2.32. The summed E-state index contributed by atoms with van der Waals surface area (Å²) in [7, 11) is 0. The van der Waals surface area contributed by atoms with Gasteiger partial charge in [-0.3, -0.25) is 4.79 Å². The van der Waals surface area contributed by atoms with Gasteiger partial charge in [-0.25, -0.2) is 14.2 Å². The van der Waals surface area contributed by atoms with Crippen molar-refractivity contribution in [3.8, 4) is 11.6 Å². The van der Waals surface area contributed by atoms with Crippen molar-refractivity contribution in [1.29, 1.82) is 0 Å². The summed E-state index contributed by atoms with van der Waals surface area (Å²) in [6.45, 7) is -2.48. The van der Waals surface area contributed by atoms with Gasteiger partial charge in [-0.15, -0.1) is 10.2 Å². The number of rotatable bonds is 4. The van der Waals surface area contributed by atoms with E-state index in [4.69, 9.17) is 16.0 Å². The van der Waals surface area contributed by atoms with Crippen LogP contribution in [0.4, 0.5) is 8.78 Å². The van der Waals surface area contributed by atoms with E-state index in [1.54, 1.807) is 16.9 Å². The van der Waals surface area contributed by atoms with Crippen molar-refractivity contribution in [2.45, 2.75) is 19.0 Å². The molecule has 14 heteroatoms. The number of hydrogen-bond acceptors (Lipinski definition) is 7. The van der Waals surface area contributed by atoms with Gasteiger partial charge in [0.25, 0.3) is 5.89 Å². The number of nitrogens with one attached hydrogen (secondary N) is 1. The zero-order valence-corrected chi connectivity index (χ0v) is 17.9. The number of carbonyl (C=O) groups excluding carboxylic acids is 1. The Bertz CT molecular complexity index is 1520. The third-order valence-corrected chi connectivity index (χ3v) is 5.85. The van der Waals surface area contributed by atoms with E-state index >= 15 is 0 Å². The maximum absolute atomic E-state index is 13.4. The Labute approximate surface area is 194 Å². The summed E-state index contributed by atoms with van der Waals surface area (Å²) in [4.78, 5) is 22.5. The Kier molecular flexibility index (Phi) is 4.65. The van der Waals surface area contributed by atoms with Gasteiger partial charge in [-0.05, 0) is 24.3 Å². The van der Waals surface area contributed by atoms with Gasteiger partial charge in [0, 0.05) is 24.9 Å². The normalized spacial score (nSPS) is 15.9. The van der Waals surface area contributed by atoms with Crippen LogP contribution >= 0.6 is 11.6 Å². The number of pyridine rings is 1. The zero-order chi connectivity index (χ0) is 23.4. The summed E-state index contributed by atoms with van der Waals surface area (Å²) in [5.74, 6) is -0.988. The molecule has 0 radical (unpaired) electrons. The molecule has 6 rings (SSSR count). The van der Waals surface area contributed by atoms with Crippen LogP contribution in [0.3, 0.4) is 0 Å². The lowest BCUT2D eigenvalue weighted by molar-refractivity contribution is 0.0566. The molecular formula is C20H14ClF2N9O2. The van der Waals surface area contributed by atoms with Crippen LogP contribution in [0.2, 0.25) is 5.15 Å². The molecule has 1 amide bonds. The summed E-state index contributed by atoms with van der Waals surface area (Å²) < 4.78 is 33.2. The minimum absolute atomic E-state index is 0.0339. The summed E-state index contributed by atoms with van der Waals surface area (Å²) in [5.41, 5.74) is 2.89. The largest absolute Gasteiger partial charge is 0.411 e. The molecule has 0 aromatic carbocycles. The number of aromatic amines is 1. The molecule has 0 spiro atoms. The van der Waals surface area contributed by atoms with Crippen molar-refractivity contribution in [3.05, 3.63) is 71.0 Å². The van der Waals surface area contributed by atoms with E-state index in [1.165, 1.54) is 11.0 Å². The van der Waals surface area contributed by atoms with E-state index < -0.39 is 18.5 Å². The van der Waals surface area contributed by atoms with Gasteiger partial charge in [0.05, 0.1) is 23.2 Å². The minimum atomic E-state index is -2.81. The number of hydrogen-bond donors (Lipinski definition) is 1. The van der Waals surface area contributed by atoms with E-state index in [0.717, 1.165) is 17.4 Å². The van der Waals surface area contributed by atoms with E-state index in [9.17, 15) is 13.6 Å². The SMILES string of the molecule is O=C(c1nnc(-c2ccn(C(F)F)n2)o1)N1CCc2[nH]cnc2C1c1cc2cccc(Cl)n2n1. The highest BCUT2D eigenvalue weighted by Gasteiger charge is 2.38. The minimum Gasteiger partial charge on any atom is -0.411 e. The second-order valence-electron chi connectivity index (χ2n) is 7.54. The van der Waals surface area contributed by atoms with Crippen molar-refractivity contribution < 1.29 is 18.0 Å². The zero-order valence-electron chi connectivity index (χ0n) is 17.1. The van der Waals surface area contributed by atoms with Crippen LogP contribution in [0.25, 0.3) is 17.1 Å². The van der Waals surface area contributed by atoms with Crippen LogP contribution in [0, 0.1) is 0 Å². The first kappa shape index (κ1) is 20.5. The highest BCUT2D eigenvalue weighted by atomic mass is 35.5. The molecule has 1 N–H and O–H groups in total. The number of fused-ring (bicyclic) bond motifs is 2. The van der Waals surface area contributed by atoms with Crippen LogP contribution in [0.1, 0.15) is 40.4 Å². The molecule has 11 nitrogen and oxygen atoms in total. The third kappa shape index (κ3) is 3.23. The number of H-pyrrole nitrogens is 1. The predicted octanol–water partition coefficient (Wildman–Crippen LogP) is 3.14. The van der Waals surface area contributed by atoms with Gasteiger partial charge >= 0.3 is 18.3 Å². The predicted molar refractivity (Wildman–Crippen MR) is 112 cm³/mol. The number of alkyl halides is 2. The average Bonchev–Trinajstić information content (AvgIpc) is 3.62. The molecule has 1 aliphatic rings. The van der Waals surface area contributed by atoms with Crippen LogP contribution in [0.15, 0.2) is 47.3 Å². The number of carbonyl (C=O) groups is 1. The Morgan fingerprint density at radius 1 is 1.24 bits per heavy atom. The summed E-state index contributed by atoms with van der Waals surface area (Å²) >= 11 is 6.28. The topological polar surface area (TPSA) is 123 Å². The Morgan fingerprint density at radius 2 is 2.12 bits per heavy atom. The second kappa shape index (κ2) is 7.73. The first-order chi connectivity index (χ1) is 16.5. The van der Waals surface area contributed by atoms with Crippen molar-refractivity contribution >= 4 is 23.0 Å². The molecule has 172 valence electrons. The fraction of sp³-hybridized carbons (Fsp3) is 0.200. The molecule has 0 saturated heterocycles. The summed E-state index contributed by atoms with van der Waals surface area (Å²) in [6, 6.07) is 7.87. The molecule has 0 aliphatic carbocycles. The standard InChI is InChI=1S/C20H14ClF2N9O2/c21-14-3-1-2-10-8-13(29-32(10)14)16-15-11(24-9-25-15)4-6-30(16)19(33)18-27-26-17(34-18)12-5-7-31(28-12)20(22)23/h1-3,5,7-9,16,20H,4,6H2,(H,24,25). The fourth-order valence-electron chi connectivity index (χ4n) is 4.03. The lowest BCUT2D eigenvalue weighted by atomic mass is 9.99. The molecule has 6 heterocycles. The van der Waals surface area contributed by atoms with Gasteiger partial charge in [0.15, 0.2) is 0 Å². The van der Waals surface area contributed by atoms with Crippen molar-refractivity contribution in [2.24, 2.45) is 0 Å². The third-order valence-electron chi connectivity index (χ3n) is 5.56. The van der Waals surface area contributed by atoms with Crippen LogP contribution in [-0.2, 0) is 6.42 Å². The number of imidazole rings is 1. The molecule has 34 heavy (non-hydrogen) atoms. The van der Waals surface area contributed by atoms with E-state index in [0.29, 0.717) is 34.2 Å². The van der Waals surface area contributed by atoms with Gasteiger partial charge < -0.3 is 14.3 Å². The Morgan fingerprint density at radius 3 is 2.91 bits per heavy atom. The first-order valence-corrected chi connectivity index (χ1v) is 10.5. The molecule has 1 atom stereocenters. The highest BCUT2D eigenvalue weighted by molar-refractivity contribution is 6.29. The van der Waals surface area contributed by atoms with Gasteiger partial charge in [0.2, 0.25) is 0 Å².